The Labute approximate surface area is 193 Å². The average Bonchev–Trinajstić information content (AvgIpc) is 3.40. The molecule has 0 aliphatic rings. The van der Waals surface area contributed by atoms with Crippen LogP contribution in [0.15, 0.2) is 77.5 Å². The maximum atomic E-state index is 14.5. The summed E-state index contributed by atoms with van der Waals surface area (Å²) in [5.74, 6) is -0.392. The lowest BCUT2D eigenvalue weighted by atomic mass is 10.1. The van der Waals surface area contributed by atoms with Crippen LogP contribution in [0.3, 0.4) is 0 Å². The minimum atomic E-state index is -3.60. The van der Waals surface area contributed by atoms with Crippen molar-refractivity contribution in [2.24, 2.45) is 0 Å². The van der Waals surface area contributed by atoms with Gasteiger partial charge in [0.1, 0.15) is 12.3 Å². The van der Waals surface area contributed by atoms with E-state index in [4.69, 9.17) is 9.72 Å². The van der Waals surface area contributed by atoms with Gasteiger partial charge in [0.15, 0.2) is 16.5 Å². The molecule has 3 heterocycles. The highest BCUT2D eigenvalue weighted by Gasteiger charge is 2.21. The molecule has 3 aromatic heterocycles. The molecule has 0 amide bonds. The fourth-order valence-corrected chi connectivity index (χ4v) is 4.61. The van der Waals surface area contributed by atoms with Gasteiger partial charge < -0.3 is 4.74 Å². The summed E-state index contributed by atoms with van der Waals surface area (Å²) in [5.41, 5.74) is 3.04. The molecule has 2 aromatic carbocycles. The average molecular weight is 481 g/mol. The second kappa shape index (κ2) is 8.38. The minimum absolute atomic E-state index is 0.0955. The monoisotopic (exact) mass is 480 g/mol. The third-order valence-corrected chi connectivity index (χ3v) is 6.53. The molecule has 0 N–H and O–H groups in total. The van der Waals surface area contributed by atoms with Gasteiger partial charge in [-0.25, -0.2) is 27.8 Å². The molecule has 10 heteroatoms. The van der Waals surface area contributed by atoms with Gasteiger partial charge in [-0.3, -0.25) is 4.40 Å². The number of aromatic nitrogens is 4. The Morgan fingerprint density at radius 3 is 2.70 bits per heavy atom. The van der Waals surface area contributed by atoms with Crippen LogP contribution in [0, 0.1) is 5.82 Å². The van der Waals surface area contributed by atoms with Crippen LogP contribution in [0.2, 0.25) is 0 Å². The third kappa shape index (κ3) is 4.22. The normalized spacial score (nSPS) is 11.7. The molecule has 0 saturated heterocycles. The first kappa shape index (κ1) is 21.2. The first-order chi connectivity index (χ1) is 15.9. The van der Waals surface area contributed by atoms with E-state index in [0.717, 1.165) is 11.8 Å². The molecule has 166 valence electrons. The van der Waals surface area contributed by atoms with Gasteiger partial charge in [0.05, 0.1) is 11.4 Å². The number of benzene rings is 2. The number of fused-ring (bicyclic) bond motifs is 1. The second-order valence-electron chi connectivity index (χ2n) is 7.28. The zero-order valence-electron chi connectivity index (χ0n) is 17.3. The molecule has 0 fully saturated rings. The summed E-state index contributed by atoms with van der Waals surface area (Å²) in [6.07, 6.45) is 4.28. The lowest BCUT2D eigenvalue weighted by Gasteiger charge is -2.10. The number of hydrogen-bond acceptors (Lipinski definition) is 7. The quantitative estimate of drug-likeness (QED) is 0.329. The summed E-state index contributed by atoms with van der Waals surface area (Å²) in [7, 11) is -3.60. The number of imidazole rings is 1. The van der Waals surface area contributed by atoms with E-state index < -0.39 is 15.7 Å². The summed E-state index contributed by atoms with van der Waals surface area (Å²) >= 11 is 1.42. The highest BCUT2D eigenvalue weighted by atomic mass is 32.2. The van der Waals surface area contributed by atoms with E-state index in [1.54, 1.807) is 18.2 Å². The van der Waals surface area contributed by atoms with Crippen molar-refractivity contribution < 1.29 is 17.5 Å². The molecule has 0 aliphatic heterocycles. The number of sulfone groups is 1. The molecule has 0 saturated carbocycles. The number of thiazole rings is 1. The molecule has 0 atom stereocenters. The van der Waals surface area contributed by atoms with Gasteiger partial charge in [0.25, 0.3) is 0 Å². The summed E-state index contributed by atoms with van der Waals surface area (Å²) in [4.78, 5) is 13.5. The molecular weight excluding hydrogens is 463 g/mol. The predicted molar refractivity (Wildman–Crippen MR) is 123 cm³/mol. The maximum absolute atomic E-state index is 14.5. The van der Waals surface area contributed by atoms with Crippen molar-refractivity contribution in [2.75, 3.05) is 6.26 Å². The van der Waals surface area contributed by atoms with Gasteiger partial charge in [-0.15, -0.1) is 11.3 Å². The van der Waals surface area contributed by atoms with Crippen molar-refractivity contribution in [1.29, 1.82) is 0 Å². The standard InChI is InChI=1S/C23H17FN4O3S2/c1-33(29,30)22-25-10-9-18(26-22)21-20(27-23-28(21)11-12-32-23)16-7-8-17(24)19(13-16)31-14-15-5-3-2-4-6-15/h2-13H,14H2,1H3. The van der Waals surface area contributed by atoms with E-state index in [1.807, 2.05) is 46.3 Å². The molecule has 0 radical (unpaired) electrons. The SMILES string of the molecule is CS(=O)(=O)c1nccc(-c2c(-c3ccc(F)c(OCc4ccccc4)c3)nc3sccn23)n1. The van der Waals surface area contributed by atoms with Gasteiger partial charge in [0, 0.05) is 29.6 Å². The highest BCUT2D eigenvalue weighted by molar-refractivity contribution is 7.90. The van der Waals surface area contributed by atoms with Gasteiger partial charge in [0.2, 0.25) is 15.0 Å². The van der Waals surface area contributed by atoms with Gasteiger partial charge in [-0.2, -0.15) is 0 Å². The van der Waals surface area contributed by atoms with E-state index >= 15 is 0 Å². The Morgan fingerprint density at radius 2 is 1.91 bits per heavy atom. The lowest BCUT2D eigenvalue weighted by molar-refractivity contribution is 0.290. The molecule has 5 aromatic rings. The van der Waals surface area contributed by atoms with Crippen LogP contribution in [0.4, 0.5) is 4.39 Å². The van der Waals surface area contributed by atoms with Crippen LogP contribution in [0.5, 0.6) is 5.75 Å². The first-order valence-corrected chi connectivity index (χ1v) is 12.6. The molecule has 0 bridgehead atoms. The molecular formula is C23H17FN4O3S2. The lowest BCUT2D eigenvalue weighted by Crippen LogP contribution is -2.05. The van der Waals surface area contributed by atoms with E-state index in [2.05, 4.69) is 9.97 Å². The predicted octanol–water partition coefficient (Wildman–Crippen LogP) is 4.64. The van der Waals surface area contributed by atoms with Crippen LogP contribution in [-0.2, 0) is 16.4 Å². The van der Waals surface area contributed by atoms with Crippen molar-refractivity contribution in [3.63, 3.8) is 0 Å². The highest BCUT2D eigenvalue weighted by Crippen LogP contribution is 2.35. The fourth-order valence-electron chi connectivity index (χ4n) is 3.38. The maximum Gasteiger partial charge on any atom is 0.247 e. The summed E-state index contributed by atoms with van der Waals surface area (Å²) in [6, 6.07) is 15.6. The van der Waals surface area contributed by atoms with Crippen LogP contribution < -0.4 is 4.74 Å². The third-order valence-electron chi connectivity index (χ3n) is 4.91. The van der Waals surface area contributed by atoms with E-state index in [1.165, 1.54) is 23.6 Å². The fraction of sp³-hybridized carbons (Fsp3) is 0.0870. The van der Waals surface area contributed by atoms with Crippen molar-refractivity contribution in [2.45, 2.75) is 11.8 Å². The van der Waals surface area contributed by atoms with Crippen molar-refractivity contribution >= 4 is 26.1 Å². The number of ether oxygens (including phenoxy) is 1. The van der Waals surface area contributed by atoms with Crippen LogP contribution >= 0.6 is 11.3 Å². The Kier molecular flexibility index (Phi) is 5.39. The summed E-state index contributed by atoms with van der Waals surface area (Å²) in [6.45, 7) is 0.218. The molecule has 0 unspecified atom stereocenters. The Hall–Kier alpha value is -3.63. The zero-order valence-corrected chi connectivity index (χ0v) is 19.0. The number of nitrogens with zero attached hydrogens (tertiary/aromatic N) is 4. The van der Waals surface area contributed by atoms with E-state index in [-0.39, 0.29) is 17.5 Å². The van der Waals surface area contributed by atoms with Crippen molar-refractivity contribution in [3.8, 4) is 28.4 Å². The molecule has 0 spiro atoms. The smallest absolute Gasteiger partial charge is 0.247 e. The van der Waals surface area contributed by atoms with Gasteiger partial charge >= 0.3 is 0 Å². The van der Waals surface area contributed by atoms with Crippen LogP contribution in [-0.4, -0.2) is 34.0 Å². The Bertz CT molecular complexity index is 1560. The van der Waals surface area contributed by atoms with Gasteiger partial charge in [-0.05, 0) is 29.8 Å². The number of halogens is 1. The largest absolute Gasteiger partial charge is 0.486 e. The number of rotatable bonds is 6. The summed E-state index contributed by atoms with van der Waals surface area (Å²) in [5, 5.41) is 1.59. The second-order valence-corrected chi connectivity index (χ2v) is 10.1. The Morgan fingerprint density at radius 1 is 1.09 bits per heavy atom. The molecule has 7 nitrogen and oxygen atoms in total. The Balaban J connectivity index is 1.60. The molecule has 33 heavy (non-hydrogen) atoms. The molecule has 5 rings (SSSR count). The zero-order chi connectivity index (χ0) is 23.0. The minimum Gasteiger partial charge on any atom is -0.486 e. The first-order valence-electron chi connectivity index (χ1n) is 9.86. The van der Waals surface area contributed by atoms with E-state index in [0.29, 0.717) is 27.6 Å². The topological polar surface area (TPSA) is 86.5 Å². The van der Waals surface area contributed by atoms with Crippen molar-refractivity contribution in [3.05, 3.63) is 83.8 Å². The number of hydrogen-bond donors (Lipinski definition) is 0. The molecule has 0 aliphatic carbocycles. The van der Waals surface area contributed by atoms with Gasteiger partial charge in [-0.1, -0.05) is 30.3 Å². The van der Waals surface area contributed by atoms with Crippen LogP contribution in [0.1, 0.15) is 5.56 Å². The summed E-state index contributed by atoms with van der Waals surface area (Å²) < 4.78 is 46.0. The van der Waals surface area contributed by atoms with E-state index in [9.17, 15) is 12.8 Å². The van der Waals surface area contributed by atoms with Crippen LogP contribution in [0.25, 0.3) is 27.6 Å². The van der Waals surface area contributed by atoms with Crippen molar-refractivity contribution in [1.82, 2.24) is 19.4 Å².